The highest BCUT2D eigenvalue weighted by Gasteiger charge is 2.23. The van der Waals surface area contributed by atoms with Crippen LogP contribution >= 0.6 is 11.3 Å². The number of fused-ring (bicyclic) bond motifs is 6. The zero-order chi connectivity index (χ0) is 41.7. The van der Waals surface area contributed by atoms with Crippen LogP contribution in [0.4, 0.5) is 17.1 Å². The summed E-state index contributed by atoms with van der Waals surface area (Å²) in [7, 11) is 0. The molecule has 0 radical (unpaired) electrons. The molecule has 0 unspecified atom stereocenters. The minimum absolute atomic E-state index is 1.09. The van der Waals surface area contributed by atoms with E-state index in [0.29, 0.717) is 0 Å². The maximum absolute atomic E-state index is 2.49. The van der Waals surface area contributed by atoms with Crippen molar-refractivity contribution in [1.82, 2.24) is 4.57 Å². The SMILES string of the molecule is c1ccc(-c2ccccc2-c2ccccc2-c2ccccc2N(c2ccc(-c3cccc4c3c3ccccc3n4-c3ccccc3)cc2)c2cccc3sc4ccccc4c23)cc1. The van der Waals surface area contributed by atoms with Gasteiger partial charge < -0.3 is 9.47 Å². The fourth-order valence-corrected chi connectivity index (χ4v) is 10.8. The Morgan fingerprint density at radius 2 is 0.810 bits per heavy atom. The van der Waals surface area contributed by atoms with Crippen molar-refractivity contribution in [3.05, 3.63) is 243 Å². The van der Waals surface area contributed by atoms with Crippen molar-refractivity contribution in [3.63, 3.8) is 0 Å². The third-order valence-electron chi connectivity index (χ3n) is 12.4. The molecule has 0 fully saturated rings. The first kappa shape index (κ1) is 36.8. The minimum Gasteiger partial charge on any atom is -0.309 e. The van der Waals surface area contributed by atoms with Crippen molar-refractivity contribution in [2.45, 2.75) is 0 Å². The molecule has 12 aromatic rings. The second-order valence-electron chi connectivity index (χ2n) is 16.0. The molecule has 2 nitrogen and oxygen atoms in total. The zero-order valence-corrected chi connectivity index (χ0v) is 35.2. The maximum Gasteiger partial charge on any atom is 0.0555 e. The molecule has 296 valence electrons. The summed E-state index contributed by atoms with van der Waals surface area (Å²) >= 11 is 1.86. The van der Waals surface area contributed by atoms with Crippen molar-refractivity contribution in [3.8, 4) is 50.2 Å². The van der Waals surface area contributed by atoms with E-state index in [2.05, 4.69) is 252 Å². The van der Waals surface area contributed by atoms with Crippen molar-refractivity contribution in [1.29, 1.82) is 0 Å². The van der Waals surface area contributed by atoms with Gasteiger partial charge in [0.2, 0.25) is 0 Å². The molecule has 0 atom stereocenters. The van der Waals surface area contributed by atoms with E-state index in [4.69, 9.17) is 0 Å². The second-order valence-corrected chi connectivity index (χ2v) is 17.1. The third kappa shape index (κ3) is 6.24. The normalized spacial score (nSPS) is 11.5. The Kier molecular flexibility index (Phi) is 9.06. The quantitative estimate of drug-likeness (QED) is 0.148. The van der Waals surface area contributed by atoms with Gasteiger partial charge in [-0.25, -0.2) is 0 Å². The highest BCUT2D eigenvalue weighted by Crippen LogP contribution is 2.49. The van der Waals surface area contributed by atoms with Crippen LogP contribution in [-0.4, -0.2) is 4.57 Å². The Hall–Kier alpha value is -7.98. The number of aromatic nitrogens is 1. The molecular formula is C60H40N2S. The molecule has 0 spiro atoms. The summed E-state index contributed by atoms with van der Waals surface area (Å²) in [5.41, 5.74) is 16.5. The monoisotopic (exact) mass is 820 g/mol. The molecule has 0 aliphatic carbocycles. The van der Waals surface area contributed by atoms with E-state index >= 15 is 0 Å². The van der Waals surface area contributed by atoms with E-state index in [0.717, 1.165) is 28.3 Å². The third-order valence-corrected chi connectivity index (χ3v) is 13.6. The lowest BCUT2D eigenvalue weighted by atomic mass is 9.88. The van der Waals surface area contributed by atoms with E-state index in [1.165, 1.54) is 80.9 Å². The van der Waals surface area contributed by atoms with E-state index < -0.39 is 0 Å². The average Bonchev–Trinajstić information content (AvgIpc) is 3.92. The first-order chi connectivity index (χ1) is 31.3. The molecule has 2 aromatic heterocycles. The lowest BCUT2D eigenvalue weighted by Crippen LogP contribution is -2.11. The summed E-state index contributed by atoms with van der Waals surface area (Å²) in [5.74, 6) is 0. The second kappa shape index (κ2) is 15.5. The van der Waals surface area contributed by atoms with Gasteiger partial charge in [-0.15, -0.1) is 11.3 Å². The van der Waals surface area contributed by atoms with E-state index in [-0.39, 0.29) is 0 Å². The molecule has 0 saturated carbocycles. The molecule has 63 heavy (non-hydrogen) atoms. The number of nitrogens with zero attached hydrogens (tertiary/aromatic N) is 2. The van der Waals surface area contributed by atoms with Gasteiger partial charge in [-0.3, -0.25) is 0 Å². The molecule has 0 aliphatic heterocycles. The maximum atomic E-state index is 2.49. The predicted molar refractivity (Wildman–Crippen MR) is 270 cm³/mol. The molecule has 3 heteroatoms. The molecule has 0 amide bonds. The predicted octanol–water partition coefficient (Wildman–Crippen LogP) is 17.3. The summed E-state index contributed by atoms with van der Waals surface area (Å²) in [5, 5.41) is 5.04. The Labute approximate surface area is 370 Å². The van der Waals surface area contributed by atoms with Crippen molar-refractivity contribution >= 4 is 70.4 Å². The van der Waals surface area contributed by atoms with Crippen molar-refractivity contribution < 1.29 is 0 Å². The highest BCUT2D eigenvalue weighted by molar-refractivity contribution is 7.26. The Balaban J connectivity index is 1.06. The van der Waals surface area contributed by atoms with Gasteiger partial charge in [0.1, 0.15) is 0 Å². The molecule has 0 saturated heterocycles. The van der Waals surface area contributed by atoms with Gasteiger partial charge in [-0.1, -0.05) is 182 Å². The van der Waals surface area contributed by atoms with Gasteiger partial charge in [0.25, 0.3) is 0 Å². The summed E-state index contributed by atoms with van der Waals surface area (Å²) < 4.78 is 4.95. The molecule has 12 rings (SSSR count). The Bertz CT molecular complexity index is 3620. The first-order valence-corrected chi connectivity index (χ1v) is 22.3. The van der Waals surface area contributed by atoms with Crippen LogP contribution in [0.25, 0.3) is 92.2 Å². The van der Waals surface area contributed by atoms with Crippen LogP contribution in [0.3, 0.4) is 0 Å². The number of hydrogen-bond acceptors (Lipinski definition) is 2. The largest absolute Gasteiger partial charge is 0.309 e. The number of thiophene rings is 1. The fraction of sp³-hybridized carbons (Fsp3) is 0. The minimum atomic E-state index is 1.09. The number of benzene rings is 10. The number of rotatable bonds is 8. The van der Waals surface area contributed by atoms with Gasteiger partial charge in [-0.2, -0.15) is 0 Å². The summed E-state index contributed by atoms with van der Waals surface area (Å²) in [6.07, 6.45) is 0. The van der Waals surface area contributed by atoms with E-state index in [1.54, 1.807) is 0 Å². The molecule has 10 aromatic carbocycles. The molecule has 2 heterocycles. The van der Waals surface area contributed by atoms with Crippen LogP contribution in [0.15, 0.2) is 243 Å². The van der Waals surface area contributed by atoms with Crippen LogP contribution in [0, 0.1) is 0 Å². The van der Waals surface area contributed by atoms with Gasteiger partial charge in [-0.05, 0) is 99.6 Å². The van der Waals surface area contributed by atoms with E-state index in [9.17, 15) is 0 Å². The standard InChI is InChI=1S/C60H40N2S/c1-3-19-41(20-4-1)45-23-7-8-24-47(45)48-25-9-10-26-49(48)50-27-11-14-31-53(50)62(56-34-18-36-58-60(56)52-29-13-16-35-57(52)63-58)44-39-37-42(38-40-44)46-30-17-33-55-59(46)51-28-12-15-32-54(51)61(55)43-21-5-2-6-22-43/h1-40H. The van der Waals surface area contributed by atoms with Gasteiger partial charge >= 0.3 is 0 Å². The fourth-order valence-electron chi connectivity index (χ4n) is 9.69. The number of para-hydroxylation sites is 3. The number of hydrogen-bond donors (Lipinski definition) is 0. The number of anilines is 3. The van der Waals surface area contributed by atoms with Crippen LogP contribution in [-0.2, 0) is 0 Å². The van der Waals surface area contributed by atoms with Crippen LogP contribution < -0.4 is 4.90 Å². The molecule has 0 N–H and O–H groups in total. The lowest BCUT2D eigenvalue weighted by molar-refractivity contribution is 1.18. The van der Waals surface area contributed by atoms with Crippen LogP contribution in [0.1, 0.15) is 0 Å². The van der Waals surface area contributed by atoms with Crippen molar-refractivity contribution in [2.75, 3.05) is 4.90 Å². The van der Waals surface area contributed by atoms with Crippen LogP contribution in [0.5, 0.6) is 0 Å². The molecule has 0 aliphatic rings. The smallest absolute Gasteiger partial charge is 0.0555 e. The zero-order valence-electron chi connectivity index (χ0n) is 34.4. The highest BCUT2D eigenvalue weighted by atomic mass is 32.1. The summed E-state index contributed by atoms with van der Waals surface area (Å²) in [6.45, 7) is 0. The van der Waals surface area contributed by atoms with Crippen molar-refractivity contribution in [2.24, 2.45) is 0 Å². The molecule has 0 bridgehead atoms. The van der Waals surface area contributed by atoms with Gasteiger partial charge in [0.15, 0.2) is 0 Å². The average molecular weight is 821 g/mol. The lowest BCUT2D eigenvalue weighted by Gasteiger charge is -2.29. The van der Waals surface area contributed by atoms with Gasteiger partial charge in [0, 0.05) is 47.9 Å². The topological polar surface area (TPSA) is 8.17 Å². The van der Waals surface area contributed by atoms with Gasteiger partial charge in [0.05, 0.1) is 22.4 Å². The first-order valence-electron chi connectivity index (χ1n) is 21.5. The summed E-state index contributed by atoms with van der Waals surface area (Å²) in [6, 6.07) is 88.4. The van der Waals surface area contributed by atoms with E-state index in [1.807, 2.05) is 11.3 Å². The van der Waals surface area contributed by atoms with Crippen LogP contribution in [0.2, 0.25) is 0 Å². The summed E-state index contributed by atoms with van der Waals surface area (Å²) in [4.78, 5) is 2.49. The Morgan fingerprint density at radius 1 is 0.302 bits per heavy atom. The Morgan fingerprint density at radius 3 is 1.59 bits per heavy atom. The molecular weight excluding hydrogens is 781 g/mol.